The van der Waals surface area contributed by atoms with Gasteiger partial charge in [0.05, 0.1) is 5.69 Å². The molecular weight excluding hydrogens is 226 g/mol. The summed E-state index contributed by atoms with van der Waals surface area (Å²) in [6, 6.07) is 2.26. The molecule has 0 amide bonds. The highest BCUT2D eigenvalue weighted by molar-refractivity contribution is 5.78. The van der Waals surface area contributed by atoms with Crippen molar-refractivity contribution >= 4 is 17.5 Å². The third-order valence-electron chi connectivity index (χ3n) is 2.79. The smallest absolute Gasteiger partial charge is 0.363 e. The highest BCUT2D eigenvalue weighted by Crippen LogP contribution is 2.25. The molecule has 1 saturated heterocycles. The average molecular weight is 237 g/mol. The fourth-order valence-electron chi connectivity index (χ4n) is 1.99. The van der Waals surface area contributed by atoms with E-state index in [9.17, 15) is 14.9 Å². The Hall–Kier alpha value is -2.18. The first-order valence-corrected chi connectivity index (χ1v) is 5.19. The summed E-state index contributed by atoms with van der Waals surface area (Å²) in [5.41, 5.74) is 0.612. The Labute approximate surface area is 96.8 Å². The number of carboxylic acids is 1. The van der Waals surface area contributed by atoms with Crippen LogP contribution in [0.3, 0.4) is 0 Å². The number of hydrogen-bond acceptors (Lipinski definition) is 5. The Kier molecular flexibility index (Phi) is 2.90. The predicted molar refractivity (Wildman–Crippen MR) is 58.9 cm³/mol. The molecule has 0 aromatic carbocycles. The molecule has 7 nitrogen and oxygen atoms in total. The quantitative estimate of drug-likeness (QED) is 0.623. The van der Waals surface area contributed by atoms with Crippen LogP contribution in [0.4, 0.5) is 11.5 Å². The molecule has 1 atom stereocenters. The molecule has 0 aliphatic carbocycles. The molecule has 2 rings (SSSR count). The minimum atomic E-state index is -0.874. The molecular formula is C10H11N3O4. The summed E-state index contributed by atoms with van der Waals surface area (Å²) in [5, 5.41) is 19.5. The van der Waals surface area contributed by atoms with Gasteiger partial charge in [0.25, 0.3) is 0 Å². The van der Waals surface area contributed by atoms with Crippen LogP contribution >= 0.6 is 0 Å². The van der Waals surface area contributed by atoms with Crippen molar-refractivity contribution in [2.24, 2.45) is 0 Å². The van der Waals surface area contributed by atoms with Crippen LogP contribution in [0.25, 0.3) is 0 Å². The van der Waals surface area contributed by atoms with Gasteiger partial charge in [-0.3, -0.25) is 0 Å². The second kappa shape index (κ2) is 4.36. The van der Waals surface area contributed by atoms with Crippen LogP contribution in [-0.4, -0.2) is 33.6 Å². The highest BCUT2D eigenvalue weighted by atomic mass is 16.6. The van der Waals surface area contributed by atoms with Gasteiger partial charge < -0.3 is 20.1 Å². The van der Waals surface area contributed by atoms with Crippen molar-refractivity contribution < 1.29 is 14.8 Å². The van der Waals surface area contributed by atoms with Gasteiger partial charge in [0, 0.05) is 12.6 Å². The van der Waals surface area contributed by atoms with E-state index < -0.39 is 16.9 Å². The molecule has 17 heavy (non-hydrogen) atoms. The number of aliphatic carboxylic acids is 1. The molecule has 1 fully saturated rings. The van der Waals surface area contributed by atoms with E-state index >= 15 is 0 Å². The first-order chi connectivity index (χ1) is 8.09. The lowest BCUT2D eigenvalue weighted by molar-refractivity contribution is -0.389. The summed E-state index contributed by atoms with van der Waals surface area (Å²) >= 11 is 0. The van der Waals surface area contributed by atoms with Crippen molar-refractivity contribution in [2.75, 3.05) is 11.4 Å². The van der Waals surface area contributed by atoms with E-state index in [1.165, 1.54) is 18.3 Å². The summed E-state index contributed by atoms with van der Waals surface area (Å²) in [4.78, 5) is 26.2. The summed E-state index contributed by atoms with van der Waals surface area (Å²) in [6.07, 6.45) is 2.74. The van der Waals surface area contributed by atoms with Crippen molar-refractivity contribution in [3.8, 4) is 0 Å². The van der Waals surface area contributed by atoms with Gasteiger partial charge in [-0.1, -0.05) is 0 Å². The topological polar surface area (TPSA) is 96.6 Å². The lowest BCUT2D eigenvalue weighted by Gasteiger charge is -2.21. The van der Waals surface area contributed by atoms with E-state index in [2.05, 4.69) is 4.98 Å². The monoisotopic (exact) mass is 237 g/mol. The van der Waals surface area contributed by atoms with Gasteiger partial charge in [-0.2, -0.15) is 0 Å². The third-order valence-corrected chi connectivity index (χ3v) is 2.79. The van der Waals surface area contributed by atoms with E-state index in [-0.39, 0.29) is 5.82 Å². The molecule has 0 unspecified atom stereocenters. The van der Waals surface area contributed by atoms with Crippen molar-refractivity contribution in [2.45, 2.75) is 18.9 Å². The summed E-state index contributed by atoms with van der Waals surface area (Å²) < 4.78 is 0. The molecule has 1 aliphatic rings. The molecule has 0 saturated carbocycles. The molecule has 7 heteroatoms. The van der Waals surface area contributed by atoms with Crippen molar-refractivity contribution in [3.63, 3.8) is 0 Å². The number of nitrogens with zero attached hydrogens (tertiary/aromatic N) is 3. The van der Waals surface area contributed by atoms with Crippen molar-refractivity contribution in [3.05, 3.63) is 28.4 Å². The molecule has 0 radical (unpaired) electrons. The zero-order valence-corrected chi connectivity index (χ0v) is 8.94. The maximum atomic E-state index is 11.0. The van der Waals surface area contributed by atoms with Crippen LogP contribution in [0.5, 0.6) is 0 Å². The molecule has 1 N–H and O–H groups in total. The van der Waals surface area contributed by atoms with E-state index in [0.29, 0.717) is 18.7 Å². The molecule has 0 spiro atoms. The molecule has 1 aliphatic heterocycles. The van der Waals surface area contributed by atoms with E-state index in [1.807, 2.05) is 0 Å². The number of hydrogen-bond donors (Lipinski definition) is 1. The second-order valence-corrected chi connectivity index (χ2v) is 3.82. The molecule has 90 valence electrons. The van der Waals surface area contributed by atoms with Gasteiger partial charge in [0.2, 0.25) is 0 Å². The van der Waals surface area contributed by atoms with Gasteiger partial charge in [-0.15, -0.1) is 0 Å². The van der Waals surface area contributed by atoms with Crippen molar-refractivity contribution in [1.82, 2.24) is 4.98 Å². The van der Waals surface area contributed by atoms with Gasteiger partial charge in [-0.05, 0) is 28.8 Å². The predicted octanol–water partition coefficient (Wildman–Crippen LogP) is 1.04. The molecule has 1 aromatic rings. The van der Waals surface area contributed by atoms with E-state index in [1.54, 1.807) is 4.90 Å². The van der Waals surface area contributed by atoms with Gasteiger partial charge >= 0.3 is 11.8 Å². The summed E-state index contributed by atoms with van der Waals surface area (Å²) in [6.45, 7) is 0.635. The normalized spacial score (nSPS) is 19.3. The Bertz CT molecular complexity index is 445. The van der Waals surface area contributed by atoms with Gasteiger partial charge in [-0.25, -0.2) is 4.79 Å². The van der Waals surface area contributed by atoms with Crippen LogP contribution in [0.15, 0.2) is 18.3 Å². The second-order valence-electron chi connectivity index (χ2n) is 3.82. The van der Waals surface area contributed by atoms with Crippen LogP contribution in [0, 0.1) is 10.1 Å². The number of carboxylic acid groups (broad SMARTS) is 1. The fourth-order valence-corrected chi connectivity index (χ4v) is 1.99. The SMILES string of the molecule is O=C(O)[C@@H]1CCCN1c1ccc([N+](=O)[O-])nc1. The van der Waals surface area contributed by atoms with Gasteiger partial charge in [0.15, 0.2) is 6.20 Å². The fraction of sp³-hybridized carbons (Fsp3) is 0.400. The number of nitro groups is 1. The number of rotatable bonds is 3. The zero-order valence-electron chi connectivity index (χ0n) is 8.94. The van der Waals surface area contributed by atoms with Crippen molar-refractivity contribution in [1.29, 1.82) is 0 Å². The Morgan fingerprint density at radius 2 is 2.35 bits per heavy atom. The zero-order chi connectivity index (χ0) is 12.4. The lowest BCUT2D eigenvalue weighted by atomic mass is 10.2. The highest BCUT2D eigenvalue weighted by Gasteiger charge is 2.31. The number of pyridine rings is 1. The third kappa shape index (κ3) is 2.17. The standard InChI is InChI=1S/C10H11N3O4/c14-10(15)8-2-1-5-12(8)7-3-4-9(11-6-7)13(16)17/h3-4,6,8H,1-2,5H2,(H,14,15)/t8-/m0/s1. The minimum absolute atomic E-state index is 0.236. The minimum Gasteiger partial charge on any atom is -0.480 e. The van der Waals surface area contributed by atoms with Crippen LogP contribution in [-0.2, 0) is 4.79 Å². The number of aromatic nitrogens is 1. The summed E-state index contributed by atoms with van der Waals surface area (Å²) in [5.74, 6) is -1.11. The Morgan fingerprint density at radius 1 is 1.59 bits per heavy atom. The van der Waals surface area contributed by atoms with Crippen LogP contribution < -0.4 is 4.90 Å². The first kappa shape index (κ1) is 11.3. The maximum Gasteiger partial charge on any atom is 0.363 e. The van der Waals surface area contributed by atoms with E-state index in [0.717, 1.165) is 6.42 Å². The molecule has 2 heterocycles. The molecule has 1 aromatic heterocycles. The molecule has 0 bridgehead atoms. The van der Waals surface area contributed by atoms with E-state index in [4.69, 9.17) is 5.11 Å². The number of carbonyl (C=O) groups is 1. The maximum absolute atomic E-state index is 11.0. The van der Waals surface area contributed by atoms with Crippen LogP contribution in [0.2, 0.25) is 0 Å². The summed E-state index contributed by atoms with van der Waals surface area (Å²) in [7, 11) is 0. The Morgan fingerprint density at radius 3 is 2.88 bits per heavy atom. The Balaban J connectivity index is 2.22. The van der Waals surface area contributed by atoms with Gasteiger partial charge in [0.1, 0.15) is 6.04 Å². The van der Waals surface area contributed by atoms with Crippen LogP contribution in [0.1, 0.15) is 12.8 Å². The average Bonchev–Trinajstić information content (AvgIpc) is 2.78. The lowest BCUT2D eigenvalue weighted by Crippen LogP contribution is -2.35. The largest absolute Gasteiger partial charge is 0.480 e. The first-order valence-electron chi connectivity index (χ1n) is 5.19. The number of anilines is 1.